The Morgan fingerprint density at radius 2 is 1.59 bits per heavy atom. The van der Waals surface area contributed by atoms with Crippen molar-refractivity contribution in [2.75, 3.05) is 62.7 Å². The van der Waals surface area contributed by atoms with E-state index in [2.05, 4.69) is 81.5 Å². The van der Waals surface area contributed by atoms with Crippen molar-refractivity contribution in [3.8, 4) is 17.2 Å². The molecule has 2 fully saturated rings. The van der Waals surface area contributed by atoms with Crippen LogP contribution in [-0.2, 0) is 6.54 Å². The maximum atomic E-state index is 11.9. The van der Waals surface area contributed by atoms with Crippen LogP contribution in [-0.4, -0.2) is 74.9 Å². The molecule has 0 bridgehead atoms. The topological polar surface area (TPSA) is 77.5 Å². The second-order valence-electron chi connectivity index (χ2n) is 14.2. The summed E-state index contributed by atoms with van der Waals surface area (Å²) in [5.74, 6) is 2.75. The minimum Gasteiger partial charge on any atom is -0.508 e. The Kier molecular flexibility index (Phi) is 8.58. The van der Waals surface area contributed by atoms with Gasteiger partial charge in [-0.2, -0.15) is 0 Å². The lowest BCUT2D eigenvalue weighted by molar-refractivity contribution is 0.0965. The van der Waals surface area contributed by atoms with Gasteiger partial charge >= 0.3 is 0 Å². The van der Waals surface area contributed by atoms with Crippen molar-refractivity contribution < 1.29 is 19.4 Å². The fourth-order valence-electron chi connectivity index (χ4n) is 8.55. The second kappa shape index (κ2) is 13.3. The van der Waals surface area contributed by atoms with Gasteiger partial charge in [0.25, 0.3) is 5.91 Å². The zero-order valence-corrected chi connectivity index (χ0v) is 28.5. The molecule has 3 atom stereocenters. The predicted octanol–water partition coefficient (Wildman–Crippen LogP) is 6.38. The van der Waals surface area contributed by atoms with Crippen LogP contribution in [0.2, 0.25) is 0 Å². The molecule has 2 saturated heterocycles. The van der Waals surface area contributed by atoms with Crippen LogP contribution >= 0.6 is 0 Å². The van der Waals surface area contributed by atoms with Gasteiger partial charge in [0.1, 0.15) is 23.4 Å². The van der Waals surface area contributed by atoms with Crippen LogP contribution in [0, 0.1) is 5.92 Å². The third-order valence-corrected chi connectivity index (χ3v) is 11.2. The van der Waals surface area contributed by atoms with Crippen LogP contribution in [0.25, 0.3) is 0 Å². The maximum absolute atomic E-state index is 11.9. The number of carbonyl (C=O) groups is 1. The molecule has 0 aromatic heterocycles. The highest BCUT2D eigenvalue weighted by molar-refractivity contribution is 5.98. The third-order valence-electron chi connectivity index (χ3n) is 11.2. The third kappa shape index (κ3) is 6.30. The van der Waals surface area contributed by atoms with Gasteiger partial charge in [0.15, 0.2) is 0 Å². The number of nitrogens with zero attached hydrogens (tertiary/aromatic N) is 3. The van der Waals surface area contributed by atoms with Crippen molar-refractivity contribution in [3.05, 3.63) is 113 Å². The fraction of sp³-hybridized carbons (Fsp3) is 0.390. The summed E-state index contributed by atoms with van der Waals surface area (Å²) in [7, 11) is 1.71. The van der Waals surface area contributed by atoms with E-state index >= 15 is 0 Å². The van der Waals surface area contributed by atoms with Gasteiger partial charge in [0, 0.05) is 92.8 Å². The molecule has 1 amide bonds. The second-order valence-corrected chi connectivity index (χ2v) is 14.2. The maximum Gasteiger partial charge on any atom is 0.251 e. The number of benzene rings is 4. The zero-order valence-electron chi connectivity index (χ0n) is 28.5. The van der Waals surface area contributed by atoms with E-state index < -0.39 is 0 Å². The van der Waals surface area contributed by atoms with Crippen LogP contribution in [0.1, 0.15) is 64.2 Å². The number of aromatic hydroxyl groups is 1. The number of hydrogen-bond donors (Lipinski definition) is 2. The highest BCUT2D eigenvalue weighted by Crippen LogP contribution is 2.50. The number of phenols is 1. The standard InChI is InChI=1S/C41H46N4O4/c1-27-39(30-4-3-5-35(23-30)48-2)40(37-13-11-34(46)24-38(37)49-27)29-6-8-32(9-7-29)44-16-14-28(15-17-44)26-43-18-20-45(21-19-43)33-10-12-36-31(22-33)25-42-41(36)47/h3-13,22-24,27-28,39-40,46H,14-21,25-26H2,1-2H3,(H,42,47). The predicted molar refractivity (Wildman–Crippen MR) is 193 cm³/mol. The SMILES string of the molecule is COc1cccc(C2C(C)Oc3cc(O)ccc3C2c2ccc(N3CCC(CN4CCN(c5ccc6c(c5)CNC6=O)CC4)CC3)cc2)c1. The number of piperidine rings is 1. The number of rotatable bonds is 7. The molecule has 4 aliphatic heterocycles. The van der Waals surface area contributed by atoms with Gasteiger partial charge in [-0.15, -0.1) is 0 Å². The fourth-order valence-corrected chi connectivity index (χ4v) is 8.55. The number of piperazine rings is 1. The Morgan fingerprint density at radius 1 is 0.837 bits per heavy atom. The monoisotopic (exact) mass is 658 g/mol. The van der Waals surface area contributed by atoms with E-state index in [1.165, 1.54) is 41.9 Å². The Bertz CT molecular complexity index is 1810. The molecule has 2 N–H and O–H groups in total. The van der Waals surface area contributed by atoms with Crippen LogP contribution in [0.3, 0.4) is 0 Å². The lowest BCUT2D eigenvalue weighted by atomic mass is 9.73. The van der Waals surface area contributed by atoms with Gasteiger partial charge in [-0.1, -0.05) is 30.3 Å². The summed E-state index contributed by atoms with van der Waals surface area (Å²) >= 11 is 0. The number of hydrogen-bond acceptors (Lipinski definition) is 7. The zero-order chi connectivity index (χ0) is 33.5. The molecule has 4 aliphatic rings. The number of amides is 1. The molecule has 4 aromatic rings. The summed E-state index contributed by atoms with van der Waals surface area (Å²) in [6.45, 7) is 10.3. The Labute approximate surface area is 289 Å². The van der Waals surface area contributed by atoms with E-state index in [4.69, 9.17) is 9.47 Å². The van der Waals surface area contributed by atoms with Crippen molar-refractivity contribution in [2.45, 2.75) is 44.2 Å². The van der Waals surface area contributed by atoms with Gasteiger partial charge in [0.2, 0.25) is 0 Å². The summed E-state index contributed by atoms with van der Waals surface area (Å²) in [6.07, 6.45) is 2.33. The quantitative estimate of drug-likeness (QED) is 0.239. The molecule has 49 heavy (non-hydrogen) atoms. The van der Waals surface area contributed by atoms with Crippen molar-refractivity contribution in [3.63, 3.8) is 0 Å². The highest BCUT2D eigenvalue weighted by Gasteiger charge is 2.38. The molecule has 0 saturated carbocycles. The molecule has 8 rings (SSSR count). The summed E-state index contributed by atoms with van der Waals surface area (Å²) in [6, 6.07) is 29.3. The molecule has 8 heteroatoms. The average molecular weight is 659 g/mol. The number of anilines is 2. The van der Waals surface area contributed by atoms with Crippen molar-refractivity contribution in [1.82, 2.24) is 10.2 Å². The first-order chi connectivity index (χ1) is 23.9. The summed E-state index contributed by atoms with van der Waals surface area (Å²) in [5.41, 5.74) is 7.99. The molecule has 254 valence electrons. The lowest BCUT2D eigenvalue weighted by Crippen LogP contribution is -2.49. The van der Waals surface area contributed by atoms with Crippen LogP contribution < -0.4 is 24.6 Å². The van der Waals surface area contributed by atoms with Crippen molar-refractivity contribution in [2.24, 2.45) is 5.92 Å². The molecule has 0 aliphatic carbocycles. The number of ether oxygens (including phenoxy) is 2. The van der Waals surface area contributed by atoms with E-state index in [0.717, 1.165) is 73.4 Å². The molecule has 3 unspecified atom stereocenters. The average Bonchev–Trinajstić information content (AvgIpc) is 3.51. The highest BCUT2D eigenvalue weighted by atomic mass is 16.5. The first-order valence-electron chi connectivity index (χ1n) is 17.8. The minimum absolute atomic E-state index is 0.0476. The molecule has 8 nitrogen and oxygen atoms in total. The minimum atomic E-state index is -0.0865. The smallest absolute Gasteiger partial charge is 0.251 e. The first-order valence-corrected chi connectivity index (χ1v) is 17.8. The van der Waals surface area contributed by atoms with E-state index in [-0.39, 0.29) is 29.6 Å². The van der Waals surface area contributed by atoms with Crippen LogP contribution in [0.4, 0.5) is 11.4 Å². The van der Waals surface area contributed by atoms with E-state index in [9.17, 15) is 9.90 Å². The number of phenolic OH excluding ortho intramolecular Hbond substituents is 1. The summed E-state index contributed by atoms with van der Waals surface area (Å²) in [5, 5.41) is 13.2. The molecule has 4 heterocycles. The van der Waals surface area contributed by atoms with Crippen LogP contribution in [0.5, 0.6) is 17.2 Å². The molecule has 0 spiro atoms. The van der Waals surface area contributed by atoms with E-state index in [0.29, 0.717) is 6.54 Å². The number of fused-ring (bicyclic) bond motifs is 2. The Hall–Kier alpha value is -4.69. The van der Waals surface area contributed by atoms with E-state index in [1.807, 2.05) is 18.2 Å². The first kappa shape index (κ1) is 31.6. The molecule has 0 radical (unpaired) electrons. The van der Waals surface area contributed by atoms with Gasteiger partial charge in [-0.05, 0) is 90.9 Å². The molecular weight excluding hydrogens is 612 g/mol. The lowest BCUT2D eigenvalue weighted by Gasteiger charge is -2.40. The number of methoxy groups -OCH3 is 1. The van der Waals surface area contributed by atoms with E-state index in [1.54, 1.807) is 19.2 Å². The number of nitrogens with one attached hydrogen (secondary N) is 1. The van der Waals surface area contributed by atoms with Crippen molar-refractivity contribution >= 4 is 17.3 Å². The largest absolute Gasteiger partial charge is 0.508 e. The Balaban J connectivity index is 0.902. The van der Waals surface area contributed by atoms with Gasteiger partial charge in [-0.3, -0.25) is 9.69 Å². The Morgan fingerprint density at radius 3 is 2.37 bits per heavy atom. The normalized spacial score (nSPS) is 22.7. The molecule has 4 aromatic carbocycles. The molecular formula is C41H46N4O4. The van der Waals surface area contributed by atoms with Crippen LogP contribution in [0.15, 0.2) is 84.9 Å². The van der Waals surface area contributed by atoms with Gasteiger partial charge < -0.3 is 29.7 Å². The van der Waals surface area contributed by atoms with Gasteiger partial charge in [-0.25, -0.2) is 0 Å². The summed E-state index contributed by atoms with van der Waals surface area (Å²) < 4.78 is 12.0. The number of carbonyl (C=O) groups excluding carboxylic acids is 1. The van der Waals surface area contributed by atoms with Crippen molar-refractivity contribution in [1.29, 1.82) is 0 Å². The summed E-state index contributed by atoms with van der Waals surface area (Å²) in [4.78, 5) is 19.6. The van der Waals surface area contributed by atoms with Gasteiger partial charge in [0.05, 0.1) is 7.11 Å².